The molecule has 1 aromatic rings. The van der Waals surface area contributed by atoms with Crippen LogP contribution in [0.3, 0.4) is 0 Å². The minimum atomic E-state index is 0.437. The average Bonchev–Trinajstić information content (AvgIpc) is 2.46. The maximum Gasteiger partial charge on any atom is 0.191 e. The van der Waals surface area contributed by atoms with E-state index in [0.29, 0.717) is 6.04 Å². The Labute approximate surface area is 116 Å². The number of nitrogens with zero attached hydrogens (tertiary/aromatic N) is 1. The molecule has 0 aliphatic rings. The Kier molecular flexibility index (Phi) is 6.79. The molecule has 0 spiro atoms. The van der Waals surface area contributed by atoms with Gasteiger partial charge in [-0.15, -0.1) is 0 Å². The molecule has 0 saturated carbocycles. The lowest BCUT2D eigenvalue weighted by Gasteiger charge is -2.16. The second kappa shape index (κ2) is 8.40. The highest BCUT2D eigenvalue weighted by Gasteiger charge is 2.02. The summed E-state index contributed by atoms with van der Waals surface area (Å²) in [6.45, 7) is 5.17. The van der Waals surface area contributed by atoms with Crippen LogP contribution in [0.15, 0.2) is 29.3 Å². The summed E-state index contributed by atoms with van der Waals surface area (Å²) < 4.78 is 5.14. The van der Waals surface area contributed by atoms with Gasteiger partial charge in [0, 0.05) is 19.6 Å². The first-order valence-electron chi connectivity index (χ1n) is 6.79. The first-order chi connectivity index (χ1) is 9.19. The number of hydrogen-bond donors (Lipinski definition) is 2. The zero-order valence-corrected chi connectivity index (χ0v) is 12.4. The molecule has 0 saturated heterocycles. The van der Waals surface area contributed by atoms with E-state index >= 15 is 0 Å². The fourth-order valence-corrected chi connectivity index (χ4v) is 1.65. The van der Waals surface area contributed by atoms with Gasteiger partial charge < -0.3 is 15.4 Å². The second-order valence-corrected chi connectivity index (χ2v) is 4.55. The zero-order chi connectivity index (χ0) is 14.1. The largest absolute Gasteiger partial charge is 0.497 e. The Morgan fingerprint density at radius 1 is 1.32 bits per heavy atom. The summed E-state index contributed by atoms with van der Waals surface area (Å²) in [5, 5.41) is 6.66. The van der Waals surface area contributed by atoms with Gasteiger partial charge in [-0.25, -0.2) is 0 Å². The van der Waals surface area contributed by atoms with Crippen LogP contribution >= 0.6 is 0 Å². The molecule has 106 valence electrons. The van der Waals surface area contributed by atoms with Crippen molar-refractivity contribution in [3.05, 3.63) is 29.8 Å². The van der Waals surface area contributed by atoms with Crippen LogP contribution in [0.25, 0.3) is 0 Å². The molecule has 1 aromatic carbocycles. The van der Waals surface area contributed by atoms with Gasteiger partial charge in [0.2, 0.25) is 0 Å². The number of methoxy groups -OCH3 is 1. The summed E-state index contributed by atoms with van der Waals surface area (Å²) in [6.07, 6.45) is 2.05. The van der Waals surface area contributed by atoms with Gasteiger partial charge in [-0.1, -0.05) is 19.1 Å². The van der Waals surface area contributed by atoms with Crippen molar-refractivity contribution in [2.75, 3.05) is 20.7 Å². The molecule has 0 bridgehead atoms. The van der Waals surface area contributed by atoms with E-state index < -0.39 is 0 Å². The van der Waals surface area contributed by atoms with Gasteiger partial charge in [-0.05, 0) is 37.5 Å². The number of rotatable bonds is 6. The van der Waals surface area contributed by atoms with Crippen molar-refractivity contribution < 1.29 is 4.74 Å². The van der Waals surface area contributed by atoms with E-state index in [1.807, 2.05) is 12.1 Å². The molecule has 4 heteroatoms. The summed E-state index contributed by atoms with van der Waals surface area (Å²) in [5.41, 5.74) is 1.28. The Morgan fingerprint density at radius 3 is 2.53 bits per heavy atom. The maximum absolute atomic E-state index is 5.14. The molecule has 4 nitrogen and oxygen atoms in total. The summed E-state index contributed by atoms with van der Waals surface area (Å²) in [4.78, 5) is 4.21. The van der Waals surface area contributed by atoms with Crippen molar-refractivity contribution >= 4 is 5.96 Å². The van der Waals surface area contributed by atoms with Crippen molar-refractivity contribution in [3.8, 4) is 5.75 Å². The number of aliphatic imine (C=N–C) groups is 1. The van der Waals surface area contributed by atoms with E-state index in [0.717, 1.165) is 31.1 Å². The van der Waals surface area contributed by atoms with Crippen LogP contribution in [0.1, 0.15) is 25.8 Å². The van der Waals surface area contributed by atoms with Crippen molar-refractivity contribution in [3.63, 3.8) is 0 Å². The summed E-state index contributed by atoms with van der Waals surface area (Å²) in [7, 11) is 3.48. The molecule has 19 heavy (non-hydrogen) atoms. The highest BCUT2D eigenvalue weighted by Crippen LogP contribution is 2.11. The standard InChI is InChI=1S/C15H25N3O/c1-5-12(2)18-15(16-3)17-11-10-13-6-8-14(19-4)9-7-13/h6-9,12H,5,10-11H2,1-4H3,(H2,16,17,18). The molecule has 0 aromatic heterocycles. The van der Waals surface area contributed by atoms with E-state index in [9.17, 15) is 0 Å². The SMILES string of the molecule is CCC(C)NC(=NC)NCCc1ccc(OC)cc1. The minimum Gasteiger partial charge on any atom is -0.497 e. The van der Waals surface area contributed by atoms with Gasteiger partial charge >= 0.3 is 0 Å². The average molecular weight is 263 g/mol. The van der Waals surface area contributed by atoms with Crippen LogP contribution in [0.2, 0.25) is 0 Å². The quantitative estimate of drug-likeness (QED) is 0.611. The van der Waals surface area contributed by atoms with Crippen LogP contribution in [0.4, 0.5) is 0 Å². The monoisotopic (exact) mass is 263 g/mol. The zero-order valence-electron chi connectivity index (χ0n) is 12.4. The van der Waals surface area contributed by atoms with Crippen LogP contribution in [0.5, 0.6) is 5.75 Å². The van der Waals surface area contributed by atoms with Gasteiger partial charge in [0.15, 0.2) is 5.96 Å². The van der Waals surface area contributed by atoms with Gasteiger partial charge in [-0.2, -0.15) is 0 Å². The van der Waals surface area contributed by atoms with Crippen LogP contribution in [-0.4, -0.2) is 32.7 Å². The van der Waals surface area contributed by atoms with Gasteiger partial charge in [0.05, 0.1) is 7.11 Å². The van der Waals surface area contributed by atoms with Gasteiger partial charge in [0.1, 0.15) is 5.75 Å². The Bertz CT molecular complexity index is 387. The van der Waals surface area contributed by atoms with Gasteiger partial charge in [-0.3, -0.25) is 4.99 Å². The maximum atomic E-state index is 5.14. The van der Waals surface area contributed by atoms with E-state index in [4.69, 9.17) is 4.74 Å². The fourth-order valence-electron chi connectivity index (χ4n) is 1.65. The predicted molar refractivity (Wildman–Crippen MR) is 80.9 cm³/mol. The highest BCUT2D eigenvalue weighted by molar-refractivity contribution is 5.79. The molecular weight excluding hydrogens is 238 g/mol. The van der Waals surface area contributed by atoms with Crippen molar-refractivity contribution in [2.45, 2.75) is 32.7 Å². The summed E-state index contributed by atoms with van der Waals surface area (Å²) >= 11 is 0. The molecule has 0 aliphatic carbocycles. The summed E-state index contributed by atoms with van der Waals surface area (Å²) in [6, 6.07) is 8.59. The van der Waals surface area contributed by atoms with Crippen LogP contribution in [-0.2, 0) is 6.42 Å². The topological polar surface area (TPSA) is 45.7 Å². The Morgan fingerprint density at radius 2 is 2.00 bits per heavy atom. The molecule has 2 N–H and O–H groups in total. The van der Waals surface area contributed by atoms with Crippen LogP contribution < -0.4 is 15.4 Å². The van der Waals surface area contributed by atoms with Crippen molar-refractivity contribution in [1.29, 1.82) is 0 Å². The molecule has 0 aliphatic heterocycles. The number of nitrogens with one attached hydrogen (secondary N) is 2. The van der Waals surface area contributed by atoms with Crippen molar-refractivity contribution in [1.82, 2.24) is 10.6 Å². The van der Waals surface area contributed by atoms with E-state index in [-0.39, 0.29) is 0 Å². The second-order valence-electron chi connectivity index (χ2n) is 4.55. The van der Waals surface area contributed by atoms with Crippen molar-refractivity contribution in [2.24, 2.45) is 4.99 Å². The predicted octanol–water partition coefficient (Wildman–Crippen LogP) is 2.20. The third-order valence-corrected chi connectivity index (χ3v) is 3.08. The fraction of sp³-hybridized carbons (Fsp3) is 0.533. The Hall–Kier alpha value is -1.71. The molecular formula is C15H25N3O. The molecule has 1 atom stereocenters. The number of guanidine groups is 1. The molecule has 1 unspecified atom stereocenters. The third kappa shape index (κ3) is 5.64. The number of hydrogen-bond acceptors (Lipinski definition) is 2. The lowest BCUT2D eigenvalue weighted by Crippen LogP contribution is -2.42. The molecule has 0 amide bonds. The van der Waals surface area contributed by atoms with Crippen LogP contribution in [0, 0.1) is 0 Å². The Balaban J connectivity index is 2.35. The first kappa shape index (κ1) is 15.3. The lowest BCUT2D eigenvalue weighted by molar-refractivity contribution is 0.414. The molecule has 0 radical (unpaired) electrons. The lowest BCUT2D eigenvalue weighted by atomic mass is 10.1. The smallest absolute Gasteiger partial charge is 0.191 e. The molecule has 0 fully saturated rings. The van der Waals surface area contributed by atoms with E-state index in [2.05, 4.69) is 41.6 Å². The molecule has 0 heterocycles. The highest BCUT2D eigenvalue weighted by atomic mass is 16.5. The third-order valence-electron chi connectivity index (χ3n) is 3.08. The summed E-state index contributed by atoms with van der Waals surface area (Å²) in [5.74, 6) is 1.76. The normalized spacial score (nSPS) is 12.9. The van der Waals surface area contributed by atoms with E-state index in [1.54, 1.807) is 14.2 Å². The molecule has 1 rings (SSSR count). The number of benzene rings is 1. The minimum absolute atomic E-state index is 0.437. The first-order valence-corrected chi connectivity index (χ1v) is 6.79. The number of ether oxygens (including phenoxy) is 1. The van der Waals surface area contributed by atoms with Gasteiger partial charge in [0.25, 0.3) is 0 Å². The van der Waals surface area contributed by atoms with E-state index in [1.165, 1.54) is 5.56 Å².